The van der Waals surface area contributed by atoms with Crippen LogP contribution in [0.1, 0.15) is 16.8 Å². The van der Waals surface area contributed by atoms with E-state index in [1.54, 1.807) is 23.4 Å². The summed E-state index contributed by atoms with van der Waals surface area (Å²) in [5.74, 6) is 0.953. The van der Waals surface area contributed by atoms with Crippen LogP contribution in [0.25, 0.3) is 0 Å². The third kappa shape index (κ3) is 4.94. The number of hydrogen-bond acceptors (Lipinski definition) is 6. The zero-order valence-electron chi connectivity index (χ0n) is 15.7. The van der Waals surface area contributed by atoms with Gasteiger partial charge in [-0.25, -0.2) is 4.98 Å². The Kier molecular flexibility index (Phi) is 6.62. The monoisotopic (exact) mass is 405 g/mol. The van der Waals surface area contributed by atoms with Crippen molar-refractivity contribution in [1.82, 2.24) is 9.55 Å². The van der Waals surface area contributed by atoms with Gasteiger partial charge in [0.05, 0.1) is 29.5 Å². The summed E-state index contributed by atoms with van der Waals surface area (Å²) in [4.78, 5) is 30.5. The zero-order valence-corrected chi connectivity index (χ0v) is 17.3. The van der Waals surface area contributed by atoms with Crippen LogP contribution in [0.5, 0.6) is 0 Å². The number of carbonyl (C=O) groups excluding carboxylic acids is 1. The van der Waals surface area contributed by atoms with E-state index in [0.717, 1.165) is 39.6 Å². The molecule has 0 saturated heterocycles. The molecule has 0 spiro atoms. The quantitative estimate of drug-likeness (QED) is 0.564. The maximum absolute atomic E-state index is 12.7. The van der Waals surface area contributed by atoms with Crippen molar-refractivity contribution in [3.05, 3.63) is 45.4 Å². The Morgan fingerprint density at radius 2 is 2.07 bits per heavy atom. The Balaban J connectivity index is 1.73. The lowest BCUT2D eigenvalue weighted by Crippen LogP contribution is -2.27. The van der Waals surface area contributed by atoms with E-state index in [4.69, 9.17) is 4.74 Å². The zero-order chi connectivity index (χ0) is 19.4. The van der Waals surface area contributed by atoms with Crippen LogP contribution in [0.4, 0.5) is 5.69 Å². The molecule has 1 aromatic heterocycles. The summed E-state index contributed by atoms with van der Waals surface area (Å²) in [6.07, 6.45) is 0.794. The fraction of sp³-hybridized carbons (Fsp3) is 0.421. The first-order chi connectivity index (χ1) is 13.0. The number of methoxy groups -OCH3 is 1. The molecule has 144 valence electrons. The summed E-state index contributed by atoms with van der Waals surface area (Å²) < 4.78 is 6.74. The second-order valence-corrected chi connectivity index (χ2v) is 8.48. The van der Waals surface area contributed by atoms with E-state index in [0.29, 0.717) is 18.3 Å². The smallest absolute Gasteiger partial charge is 0.268 e. The van der Waals surface area contributed by atoms with Gasteiger partial charge in [0, 0.05) is 25.0 Å². The van der Waals surface area contributed by atoms with Crippen LogP contribution in [0, 0.1) is 13.8 Å². The van der Waals surface area contributed by atoms with Crippen molar-refractivity contribution in [1.29, 1.82) is 0 Å². The number of thioether (sulfide) groups is 2. The standard InChI is InChI=1S/C19H23N3O3S2/c1-12-8-13(2)10-14(9-12)20-16(23)11-27-19-21-15-4-7-26-17(15)18(24)22(19)5-6-25-3/h8-10H,4-7,11H2,1-3H3,(H,20,23). The summed E-state index contributed by atoms with van der Waals surface area (Å²) >= 11 is 2.84. The minimum Gasteiger partial charge on any atom is -0.383 e. The lowest BCUT2D eigenvalue weighted by atomic mass is 10.1. The highest BCUT2D eigenvalue weighted by Crippen LogP contribution is 2.28. The van der Waals surface area contributed by atoms with Gasteiger partial charge in [0.2, 0.25) is 5.91 Å². The molecule has 2 aromatic rings. The van der Waals surface area contributed by atoms with Crippen LogP contribution >= 0.6 is 23.5 Å². The van der Waals surface area contributed by atoms with Crippen molar-refractivity contribution < 1.29 is 9.53 Å². The maximum atomic E-state index is 12.7. The lowest BCUT2D eigenvalue weighted by Gasteiger charge is -2.13. The molecule has 2 heterocycles. The van der Waals surface area contributed by atoms with Crippen LogP contribution in [0.15, 0.2) is 33.0 Å². The predicted octanol–water partition coefficient (Wildman–Crippen LogP) is 2.89. The van der Waals surface area contributed by atoms with Crippen molar-refractivity contribution in [2.75, 3.05) is 30.5 Å². The minimum atomic E-state index is -0.118. The summed E-state index contributed by atoms with van der Waals surface area (Å²) in [5, 5.41) is 3.50. The number of nitrogens with zero attached hydrogens (tertiary/aromatic N) is 2. The normalized spacial score (nSPS) is 12.9. The second-order valence-electron chi connectivity index (χ2n) is 6.43. The van der Waals surface area contributed by atoms with E-state index in [9.17, 15) is 9.59 Å². The van der Waals surface area contributed by atoms with E-state index in [-0.39, 0.29) is 17.2 Å². The molecule has 1 N–H and O–H groups in total. The Hall–Kier alpha value is -1.77. The van der Waals surface area contributed by atoms with Gasteiger partial charge in [0.15, 0.2) is 5.16 Å². The number of rotatable bonds is 7. The summed E-state index contributed by atoms with van der Waals surface area (Å²) in [6, 6.07) is 5.94. The first kappa shape index (κ1) is 20.0. The van der Waals surface area contributed by atoms with Gasteiger partial charge >= 0.3 is 0 Å². The Labute approximate surface area is 167 Å². The average molecular weight is 406 g/mol. The topological polar surface area (TPSA) is 73.2 Å². The summed E-state index contributed by atoms with van der Waals surface area (Å²) in [5.41, 5.74) is 3.80. The molecule has 1 aliphatic heterocycles. The van der Waals surface area contributed by atoms with E-state index in [1.165, 1.54) is 11.8 Å². The molecular formula is C19H23N3O3S2. The molecule has 8 heteroatoms. The number of aromatic nitrogens is 2. The molecule has 0 fully saturated rings. The molecule has 3 rings (SSSR count). The number of amides is 1. The second kappa shape index (κ2) is 8.95. The molecule has 6 nitrogen and oxygen atoms in total. The molecule has 0 bridgehead atoms. The Bertz CT molecular complexity index is 892. The summed E-state index contributed by atoms with van der Waals surface area (Å²) in [7, 11) is 1.60. The van der Waals surface area contributed by atoms with E-state index in [1.807, 2.05) is 26.0 Å². The highest BCUT2D eigenvalue weighted by atomic mass is 32.2. The highest BCUT2D eigenvalue weighted by molar-refractivity contribution is 8.00. The number of hydrogen-bond donors (Lipinski definition) is 1. The van der Waals surface area contributed by atoms with Gasteiger partial charge < -0.3 is 10.1 Å². The Morgan fingerprint density at radius 1 is 1.33 bits per heavy atom. The number of benzene rings is 1. The van der Waals surface area contributed by atoms with Gasteiger partial charge in [0.25, 0.3) is 5.56 Å². The fourth-order valence-electron chi connectivity index (χ4n) is 2.99. The molecular weight excluding hydrogens is 382 g/mol. The molecule has 1 amide bonds. The molecule has 0 aliphatic carbocycles. The van der Waals surface area contributed by atoms with Crippen LogP contribution in [0.3, 0.4) is 0 Å². The van der Waals surface area contributed by atoms with E-state index < -0.39 is 0 Å². The Morgan fingerprint density at radius 3 is 2.78 bits per heavy atom. The van der Waals surface area contributed by atoms with E-state index >= 15 is 0 Å². The largest absolute Gasteiger partial charge is 0.383 e. The van der Waals surface area contributed by atoms with Gasteiger partial charge in [0.1, 0.15) is 0 Å². The van der Waals surface area contributed by atoms with Gasteiger partial charge in [-0.2, -0.15) is 0 Å². The molecule has 0 atom stereocenters. The summed E-state index contributed by atoms with van der Waals surface area (Å²) in [6.45, 7) is 4.85. The number of anilines is 1. The van der Waals surface area contributed by atoms with Gasteiger partial charge in [-0.05, 0) is 37.1 Å². The van der Waals surface area contributed by atoms with E-state index in [2.05, 4.69) is 16.4 Å². The van der Waals surface area contributed by atoms with Crippen LogP contribution in [0.2, 0.25) is 0 Å². The van der Waals surface area contributed by atoms with Gasteiger partial charge in [-0.1, -0.05) is 17.8 Å². The first-order valence-corrected chi connectivity index (χ1v) is 10.7. The van der Waals surface area contributed by atoms with Gasteiger partial charge in [-0.15, -0.1) is 11.8 Å². The van der Waals surface area contributed by atoms with Crippen molar-refractivity contribution in [3.63, 3.8) is 0 Å². The van der Waals surface area contributed by atoms with Crippen molar-refractivity contribution >= 4 is 35.1 Å². The molecule has 0 radical (unpaired) electrons. The fourth-order valence-corrected chi connectivity index (χ4v) is 4.87. The third-order valence-electron chi connectivity index (χ3n) is 4.11. The third-order valence-corrected chi connectivity index (χ3v) is 6.19. The maximum Gasteiger partial charge on any atom is 0.268 e. The predicted molar refractivity (Wildman–Crippen MR) is 110 cm³/mol. The molecule has 27 heavy (non-hydrogen) atoms. The van der Waals surface area contributed by atoms with Crippen molar-refractivity contribution in [2.45, 2.75) is 36.9 Å². The molecule has 0 saturated carbocycles. The SMILES string of the molecule is COCCn1c(SCC(=O)Nc2cc(C)cc(C)c2)nc2c(c1=O)SCC2. The number of aryl methyl sites for hydroxylation is 3. The van der Waals surface area contributed by atoms with Crippen LogP contribution in [-0.2, 0) is 22.5 Å². The average Bonchev–Trinajstić information content (AvgIpc) is 3.07. The molecule has 0 unspecified atom stereocenters. The van der Waals surface area contributed by atoms with Gasteiger partial charge in [-0.3, -0.25) is 14.2 Å². The number of fused-ring (bicyclic) bond motifs is 1. The molecule has 1 aliphatic rings. The van der Waals surface area contributed by atoms with Crippen LogP contribution < -0.4 is 10.9 Å². The number of nitrogens with one attached hydrogen (secondary N) is 1. The van der Waals surface area contributed by atoms with Crippen molar-refractivity contribution in [2.24, 2.45) is 0 Å². The van der Waals surface area contributed by atoms with Crippen LogP contribution in [-0.4, -0.2) is 40.7 Å². The lowest BCUT2D eigenvalue weighted by molar-refractivity contribution is -0.113. The molecule has 1 aromatic carbocycles. The number of carbonyl (C=O) groups is 1. The minimum absolute atomic E-state index is 0.0308. The van der Waals surface area contributed by atoms with Crippen molar-refractivity contribution in [3.8, 4) is 0 Å². The first-order valence-electron chi connectivity index (χ1n) is 8.74. The highest BCUT2D eigenvalue weighted by Gasteiger charge is 2.22. The number of ether oxygens (including phenoxy) is 1.